The quantitative estimate of drug-likeness (QED) is 0.881. The van der Waals surface area contributed by atoms with Crippen molar-refractivity contribution in [2.45, 2.75) is 18.8 Å². The van der Waals surface area contributed by atoms with Gasteiger partial charge in [-0.1, -0.05) is 28.1 Å². The Morgan fingerprint density at radius 3 is 2.71 bits per heavy atom. The van der Waals surface area contributed by atoms with Crippen LogP contribution in [0.4, 0.5) is 0 Å². The average Bonchev–Trinajstić information content (AvgIpc) is 2.00. The second kappa shape index (κ2) is 3.73. The van der Waals surface area contributed by atoms with Crippen molar-refractivity contribution in [3.63, 3.8) is 0 Å². The van der Waals surface area contributed by atoms with Gasteiger partial charge in [-0.05, 0) is 36.5 Å². The molecule has 1 saturated carbocycles. The van der Waals surface area contributed by atoms with Gasteiger partial charge in [-0.3, -0.25) is 4.79 Å². The Morgan fingerprint density at radius 2 is 2.14 bits per heavy atom. The van der Waals surface area contributed by atoms with Crippen LogP contribution >= 0.6 is 15.9 Å². The van der Waals surface area contributed by atoms with Crippen LogP contribution in [0.1, 0.15) is 24.3 Å². The molecule has 0 saturated heterocycles. The fraction of sp³-hybridized carbons (Fsp3) is 0.364. The lowest BCUT2D eigenvalue weighted by Gasteiger charge is -2.32. The summed E-state index contributed by atoms with van der Waals surface area (Å²) in [4.78, 5) is 10.6. The Kier molecular flexibility index (Phi) is 2.59. The summed E-state index contributed by atoms with van der Waals surface area (Å²) in [5, 5.41) is 8.74. The van der Waals surface area contributed by atoms with Crippen molar-refractivity contribution >= 4 is 21.9 Å². The number of carboxylic acid groups (broad SMARTS) is 1. The highest BCUT2D eigenvalue weighted by atomic mass is 79.9. The molecule has 14 heavy (non-hydrogen) atoms. The van der Waals surface area contributed by atoms with E-state index >= 15 is 0 Å². The van der Waals surface area contributed by atoms with E-state index in [1.807, 2.05) is 12.1 Å². The first-order chi connectivity index (χ1) is 6.66. The maximum absolute atomic E-state index is 10.6. The molecule has 0 amide bonds. The number of carboxylic acids is 1. The fourth-order valence-electron chi connectivity index (χ4n) is 1.85. The molecule has 2 nitrogen and oxygen atoms in total. The zero-order valence-corrected chi connectivity index (χ0v) is 9.20. The van der Waals surface area contributed by atoms with Gasteiger partial charge in [0.1, 0.15) is 0 Å². The lowest BCUT2D eigenvalue weighted by molar-refractivity contribution is -0.145. The Labute approximate surface area is 91.1 Å². The number of hydrogen-bond donors (Lipinski definition) is 1. The van der Waals surface area contributed by atoms with Crippen LogP contribution in [-0.2, 0) is 4.79 Å². The molecule has 0 aliphatic heterocycles. The molecular weight excluding hydrogens is 244 g/mol. The van der Waals surface area contributed by atoms with Gasteiger partial charge in [-0.15, -0.1) is 0 Å². The molecule has 2 rings (SSSR count). The molecular formula is C11H11BrO2. The molecule has 0 bridgehead atoms. The number of benzene rings is 1. The largest absolute Gasteiger partial charge is 0.481 e. The van der Waals surface area contributed by atoms with Gasteiger partial charge in [0.25, 0.3) is 0 Å². The third-order valence-corrected chi connectivity index (χ3v) is 3.30. The topological polar surface area (TPSA) is 37.3 Å². The Hall–Kier alpha value is -0.830. The van der Waals surface area contributed by atoms with E-state index < -0.39 is 5.97 Å². The first-order valence-electron chi connectivity index (χ1n) is 4.65. The number of aliphatic carboxylic acids is 1. The zero-order chi connectivity index (χ0) is 10.1. The molecule has 0 radical (unpaired) electrons. The minimum Gasteiger partial charge on any atom is -0.481 e. The first kappa shape index (κ1) is 9.71. The Balaban J connectivity index is 2.03. The minimum absolute atomic E-state index is 0.126. The van der Waals surface area contributed by atoms with Crippen LogP contribution in [0, 0.1) is 5.92 Å². The maximum atomic E-state index is 10.6. The summed E-state index contributed by atoms with van der Waals surface area (Å²) in [5.74, 6) is -0.344. The summed E-state index contributed by atoms with van der Waals surface area (Å²) < 4.78 is 1.06. The molecule has 1 aliphatic carbocycles. The molecule has 1 N–H and O–H groups in total. The molecule has 1 aromatic rings. The highest BCUT2D eigenvalue weighted by Crippen LogP contribution is 2.42. The normalized spacial score (nSPS) is 25.5. The van der Waals surface area contributed by atoms with E-state index in [0.29, 0.717) is 5.92 Å². The second-order valence-corrected chi connectivity index (χ2v) is 4.67. The van der Waals surface area contributed by atoms with Gasteiger partial charge in [0.2, 0.25) is 0 Å². The van der Waals surface area contributed by atoms with Gasteiger partial charge in [-0.2, -0.15) is 0 Å². The van der Waals surface area contributed by atoms with Gasteiger partial charge < -0.3 is 5.11 Å². The van der Waals surface area contributed by atoms with Crippen LogP contribution in [0.25, 0.3) is 0 Å². The molecule has 74 valence electrons. The Bertz CT molecular complexity index is 356. The molecule has 1 aliphatic rings. The monoisotopic (exact) mass is 254 g/mol. The van der Waals surface area contributed by atoms with Gasteiger partial charge >= 0.3 is 5.97 Å². The summed E-state index contributed by atoms with van der Waals surface area (Å²) in [5.41, 5.74) is 1.25. The predicted molar refractivity (Wildman–Crippen MR) is 57.2 cm³/mol. The minimum atomic E-state index is -0.656. The molecule has 1 aromatic carbocycles. The van der Waals surface area contributed by atoms with Crippen molar-refractivity contribution in [2.75, 3.05) is 0 Å². The van der Waals surface area contributed by atoms with Crippen molar-refractivity contribution in [1.29, 1.82) is 0 Å². The molecule has 0 unspecified atom stereocenters. The Morgan fingerprint density at radius 1 is 1.43 bits per heavy atom. The van der Waals surface area contributed by atoms with Crippen LogP contribution in [-0.4, -0.2) is 11.1 Å². The van der Waals surface area contributed by atoms with Crippen molar-refractivity contribution in [1.82, 2.24) is 0 Å². The average molecular weight is 255 g/mol. The lowest BCUT2D eigenvalue weighted by Crippen LogP contribution is -2.28. The van der Waals surface area contributed by atoms with Crippen molar-refractivity contribution in [2.24, 2.45) is 5.92 Å². The van der Waals surface area contributed by atoms with Gasteiger partial charge in [0.15, 0.2) is 0 Å². The van der Waals surface area contributed by atoms with Crippen LogP contribution in [0.2, 0.25) is 0 Å². The molecule has 0 atom stereocenters. The van der Waals surface area contributed by atoms with Crippen molar-refractivity contribution in [3.8, 4) is 0 Å². The number of halogens is 1. The van der Waals surface area contributed by atoms with E-state index in [1.54, 1.807) is 0 Å². The first-order valence-corrected chi connectivity index (χ1v) is 5.44. The van der Waals surface area contributed by atoms with Crippen LogP contribution in [0.15, 0.2) is 28.7 Å². The fourth-order valence-corrected chi connectivity index (χ4v) is 2.27. The SMILES string of the molecule is O=C(O)C1CC(c2cccc(Br)c2)C1. The highest BCUT2D eigenvalue weighted by Gasteiger charge is 2.35. The maximum Gasteiger partial charge on any atom is 0.306 e. The van der Waals surface area contributed by atoms with Crippen LogP contribution in [0.3, 0.4) is 0 Å². The van der Waals surface area contributed by atoms with Crippen LogP contribution in [0.5, 0.6) is 0 Å². The van der Waals surface area contributed by atoms with Gasteiger partial charge in [0.05, 0.1) is 5.92 Å². The summed E-state index contributed by atoms with van der Waals surface area (Å²) in [6.45, 7) is 0. The lowest BCUT2D eigenvalue weighted by atomic mass is 9.71. The predicted octanol–water partition coefficient (Wildman–Crippen LogP) is 3.03. The smallest absolute Gasteiger partial charge is 0.306 e. The van der Waals surface area contributed by atoms with E-state index in [-0.39, 0.29) is 5.92 Å². The van der Waals surface area contributed by atoms with E-state index in [0.717, 1.165) is 17.3 Å². The van der Waals surface area contributed by atoms with Gasteiger partial charge in [-0.25, -0.2) is 0 Å². The van der Waals surface area contributed by atoms with E-state index in [9.17, 15) is 4.79 Å². The second-order valence-electron chi connectivity index (χ2n) is 3.76. The van der Waals surface area contributed by atoms with Crippen molar-refractivity contribution < 1.29 is 9.90 Å². The highest BCUT2D eigenvalue weighted by molar-refractivity contribution is 9.10. The number of carbonyl (C=O) groups is 1. The summed E-state index contributed by atoms with van der Waals surface area (Å²) in [6, 6.07) is 8.11. The molecule has 1 fully saturated rings. The van der Waals surface area contributed by atoms with E-state index in [2.05, 4.69) is 28.1 Å². The third kappa shape index (κ3) is 1.82. The van der Waals surface area contributed by atoms with Crippen molar-refractivity contribution in [3.05, 3.63) is 34.3 Å². The summed E-state index contributed by atoms with van der Waals surface area (Å²) in [6.07, 6.45) is 1.57. The van der Waals surface area contributed by atoms with E-state index in [4.69, 9.17) is 5.11 Å². The summed E-state index contributed by atoms with van der Waals surface area (Å²) in [7, 11) is 0. The van der Waals surface area contributed by atoms with E-state index in [1.165, 1.54) is 5.56 Å². The van der Waals surface area contributed by atoms with Crippen LogP contribution < -0.4 is 0 Å². The molecule has 3 heteroatoms. The standard InChI is InChI=1S/C11H11BrO2/c12-10-3-1-2-7(6-10)8-4-9(5-8)11(13)14/h1-3,6,8-9H,4-5H2,(H,13,14). The molecule has 0 spiro atoms. The van der Waals surface area contributed by atoms with Gasteiger partial charge in [0, 0.05) is 4.47 Å². The third-order valence-electron chi connectivity index (χ3n) is 2.81. The zero-order valence-electron chi connectivity index (χ0n) is 7.61. The summed E-state index contributed by atoms with van der Waals surface area (Å²) >= 11 is 3.41. The number of hydrogen-bond acceptors (Lipinski definition) is 1. The molecule has 0 aromatic heterocycles. The molecule has 0 heterocycles. The number of rotatable bonds is 2.